The zero-order valence-corrected chi connectivity index (χ0v) is 15.0. The van der Waals surface area contributed by atoms with Crippen molar-refractivity contribution < 1.29 is 14.7 Å². The Kier molecular flexibility index (Phi) is 6.05. The van der Waals surface area contributed by atoms with Crippen molar-refractivity contribution in [3.63, 3.8) is 0 Å². The zero-order valence-electron chi connectivity index (χ0n) is 15.0. The number of carboxylic acids is 1. The molecule has 2 saturated heterocycles. The van der Waals surface area contributed by atoms with Crippen LogP contribution in [0.1, 0.15) is 19.3 Å². The number of carboxylic acid groups (broad SMARTS) is 1. The standard InChI is InChI=1S/C18H27N5O3/c24-15-20-18(17(25)26,14-21-8-2-1-3-9-21)23-12-10-22(11-13-23)16-4-6-19-7-5-16/h4-7,15H,1-3,8-14H2,(H,20,24)(H,25,26). The van der Waals surface area contributed by atoms with Gasteiger partial charge in [0.1, 0.15) is 0 Å². The highest BCUT2D eigenvalue weighted by Gasteiger charge is 2.46. The first-order chi connectivity index (χ1) is 12.7. The molecular weight excluding hydrogens is 334 g/mol. The van der Waals surface area contributed by atoms with Crippen molar-refractivity contribution in [2.45, 2.75) is 24.9 Å². The number of nitrogens with one attached hydrogen (secondary N) is 1. The van der Waals surface area contributed by atoms with Crippen LogP contribution in [0.3, 0.4) is 0 Å². The molecule has 1 amide bonds. The van der Waals surface area contributed by atoms with Gasteiger partial charge in [-0.1, -0.05) is 6.42 Å². The van der Waals surface area contributed by atoms with Crippen LogP contribution in [0.15, 0.2) is 24.5 Å². The van der Waals surface area contributed by atoms with Crippen molar-refractivity contribution in [1.29, 1.82) is 0 Å². The third-order valence-electron chi connectivity index (χ3n) is 5.40. The van der Waals surface area contributed by atoms with Gasteiger partial charge in [0.05, 0.1) is 0 Å². The number of hydrogen-bond donors (Lipinski definition) is 2. The Balaban J connectivity index is 1.72. The van der Waals surface area contributed by atoms with E-state index < -0.39 is 11.6 Å². The highest BCUT2D eigenvalue weighted by molar-refractivity contribution is 5.81. The topological polar surface area (TPSA) is 89.0 Å². The average molecular weight is 361 g/mol. The Morgan fingerprint density at radius 3 is 2.35 bits per heavy atom. The summed E-state index contributed by atoms with van der Waals surface area (Å²) in [5.41, 5.74) is -0.288. The van der Waals surface area contributed by atoms with E-state index in [1.54, 1.807) is 12.4 Å². The van der Waals surface area contributed by atoms with E-state index in [1.165, 1.54) is 6.42 Å². The van der Waals surface area contributed by atoms with Gasteiger partial charge in [-0.05, 0) is 38.1 Å². The van der Waals surface area contributed by atoms with Crippen molar-refractivity contribution in [2.24, 2.45) is 0 Å². The van der Waals surface area contributed by atoms with Crippen molar-refractivity contribution in [2.75, 3.05) is 50.7 Å². The molecule has 0 saturated carbocycles. The van der Waals surface area contributed by atoms with E-state index in [4.69, 9.17) is 0 Å². The second-order valence-corrected chi connectivity index (χ2v) is 6.94. The number of hydrogen-bond acceptors (Lipinski definition) is 6. The van der Waals surface area contributed by atoms with Crippen LogP contribution in [0.5, 0.6) is 0 Å². The van der Waals surface area contributed by atoms with Crippen molar-refractivity contribution in [3.8, 4) is 0 Å². The SMILES string of the molecule is O=CNC(CN1CCCCC1)(C(=O)O)N1CCN(c2ccncc2)CC1. The summed E-state index contributed by atoms with van der Waals surface area (Å²) in [5.74, 6) is -0.993. The number of carbonyl (C=O) groups excluding carboxylic acids is 1. The number of piperazine rings is 1. The lowest BCUT2D eigenvalue weighted by molar-refractivity contribution is -0.158. The summed E-state index contributed by atoms with van der Waals surface area (Å²) in [6, 6.07) is 3.91. The van der Waals surface area contributed by atoms with E-state index in [1.807, 2.05) is 17.0 Å². The summed E-state index contributed by atoms with van der Waals surface area (Å²) in [5, 5.41) is 12.7. The third kappa shape index (κ3) is 3.96. The first-order valence-electron chi connectivity index (χ1n) is 9.23. The number of aliphatic carboxylic acids is 1. The maximum atomic E-state index is 12.2. The summed E-state index contributed by atoms with van der Waals surface area (Å²) in [4.78, 5) is 33.8. The van der Waals surface area contributed by atoms with Gasteiger partial charge in [-0.3, -0.25) is 19.6 Å². The zero-order chi connectivity index (χ0) is 18.4. The van der Waals surface area contributed by atoms with Gasteiger partial charge >= 0.3 is 5.97 Å². The molecule has 3 heterocycles. The number of nitrogens with zero attached hydrogens (tertiary/aromatic N) is 4. The van der Waals surface area contributed by atoms with Gasteiger partial charge in [0.25, 0.3) is 0 Å². The second-order valence-electron chi connectivity index (χ2n) is 6.94. The van der Waals surface area contributed by atoms with Crippen LogP contribution in [-0.2, 0) is 9.59 Å². The predicted octanol–water partition coefficient (Wildman–Crippen LogP) is 0.216. The molecule has 1 unspecified atom stereocenters. The van der Waals surface area contributed by atoms with Crippen molar-refractivity contribution in [3.05, 3.63) is 24.5 Å². The molecule has 0 radical (unpaired) electrons. The molecule has 0 spiro atoms. The van der Waals surface area contributed by atoms with Crippen LogP contribution in [-0.4, -0.2) is 83.7 Å². The minimum Gasteiger partial charge on any atom is -0.478 e. The van der Waals surface area contributed by atoms with Gasteiger partial charge in [0.2, 0.25) is 12.1 Å². The van der Waals surface area contributed by atoms with E-state index >= 15 is 0 Å². The number of piperidine rings is 1. The number of likely N-dealkylation sites (tertiary alicyclic amines) is 1. The highest BCUT2D eigenvalue weighted by atomic mass is 16.4. The Hall–Kier alpha value is -2.19. The second kappa shape index (κ2) is 8.46. The van der Waals surface area contributed by atoms with Gasteiger partial charge in [-0.15, -0.1) is 0 Å². The van der Waals surface area contributed by atoms with Crippen LogP contribution in [0.4, 0.5) is 5.69 Å². The van der Waals surface area contributed by atoms with E-state index in [0.717, 1.165) is 31.6 Å². The summed E-state index contributed by atoms with van der Waals surface area (Å²) in [6.45, 7) is 4.64. The van der Waals surface area contributed by atoms with Crippen molar-refractivity contribution in [1.82, 2.24) is 20.1 Å². The molecule has 26 heavy (non-hydrogen) atoms. The first-order valence-corrected chi connectivity index (χ1v) is 9.23. The molecule has 142 valence electrons. The van der Waals surface area contributed by atoms with Gasteiger partial charge < -0.3 is 15.3 Å². The summed E-state index contributed by atoms with van der Waals surface area (Å²) in [6.07, 6.45) is 7.37. The molecule has 2 aliphatic heterocycles. The molecule has 1 aromatic rings. The molecule has 2 aliphatic rings. The van der Waals surface area contributed by atoms with Crippen LogP contribution >= 0.6 is 0 Å². The van der Waals surface area contributed by atoms with E-state index in [2.05, 4.69) is 20.1 Å². The number of pyridine rings is 1. The van der Waals surface area contributed by atoms with Gasteiger partial charge in [0.15, 0.2) is 0 Å². The Labute approximate surface area is 153 Å². The maximum Gasteiger partial charge on any atom is 0.346 e. The van der Waals surface area contributed by atoms with Crippen LogP contribution in [0.2, 0.25) is 0 Å². The smallest absolute Gasteiger partial charge is 0.346 e. The fourth-order valence-electron chi connectivity index (χ4n) is 3.94. The van der Waals surface area contributed by atoms with Crippen LogP contribution in [0.25, 0.3) is 0 Å². The molecule has 2 fully saturated rings. The number of rotatable bonds is 7. The number of carbonyl (C=O) groups is 2. The van der Waals surface area contributed by atoms with E-state index in [9.17, 15) is 14.7 Å². The molecule has 3 rings (SSSR count). The fourth-order valence-corrected chi connectivity index (χ4v) is 3.94. The van der Waals surface area contributed by atoms with Gasteiger partial charge in [-0.2, -0.15) is 0 Å². The minimum atomic E-state index is -1.37. The fraction of sp³-hybridized carbons (Fsp3) is 0.611. The van der Waals surface area contributed by atoms with E-state index in [0.29, 0.717) is 39.1 Å². The van der Waals surface area contributed by atoms with E-state index in [-0.39, 0.29) is 0 Å². The molecule has 0 aromatic carbocycles. The molecule has 8 nitrogen and oxygen atoms in total. The highest BCUT2D eigenvalue weighted by Crippen LogP contribution is 2.22. The number of aromatic nitrogens is 1. The predicted molar refractivity (Wildman–Crippen MR) is 97.9 cm³/mol. The molecule has 1 atom stereocenters. The summed E-state index contributed by atoms with van der Waals surface area (Å²) >= 11 is 0. The number of amides is 1. The lowest BCUT2D eigenvalue weighted by atomic mass is 10.0. The third-order valence-corrected chi connectivity index (χ3v) is 5.40. The molecule has 8 heteroatoms. The molecule has 1 aromatic heterocycles. The number of anilines is 1. The average Bonchev–Trinajstić information content (AvgIpc) is 2.69. The van der Waals surface area contributed by atoms with Gasteiger partial charge in [0, 0.05) is 50.8 Å². The minimum absolute atomic E-state index is 0.316. The monoisotopic (exact) mass is 361 g/mol. The Morgan fingerprint density at radius 1 is 1.12 bits per heavy atom. The van der Waals surface area contributed by atoms with Crippen LogP contribution in [0, 0.1) is 0 Å². The summed E-state index contributed by atoms with van der Waals surface area (Å²) in [7, 11) is 0. The molecule has 0 aliphatic carbocycles. The van der Waals surface area contributed by atoms with Crippen molar-refractivity contribution >= 4 is 18.1 Å². The first kappa shape index (κ1) is 18.6. The Bertz CT molecular complexity index is 600. The normalized spacial score (nSPS) is 21.8. The lowest BCUT2D eigenvalue weighted by Gasteiger charge is -2.47. The largest absolute Gasteiger partial charge is 0.478 e. The summed E-state index contributed by atoms with van der Waals surface area (Å²) < 4.78 is 0. The molecule has 2 N–H and O–H groups in total. The quantitative estimate of drug-likeness (QED) is 0.672. The maximum absolute atomic E-state index is 12.2. The molecule has 0 bridgehead atoms. The molecular formula is C18H27N5O3. The lowest BCUT2D eigenvalue weighted by Crippen LogP contribution is -2.71. The van der Waals surface area contributed by atoms with Gasteiger partial charge in [-0.25, -0.2) is 4.79 Å². The van der Waals surface area contributed by atoms with Crippen LogP contribution < -0.4 is 10.2 Å². The Morgan fingerprint density at radius 2 is 1.77 bits per heavy atom.